The monoisotopic (exact) mass is 490 g/mol. The second kappa shape index (κ2) is 9.05. The highest BCUT2D eigenvalue weighted by Gasteiger charge is 2.44. The molecule has 0 aliphatic carbocycles. The molecule has 9 nitrogen and oxygen atoms in total. The van der Waals surface area contributed by atoms with Crippen LogP contribution < -0.4 is 10.2 Å². The minimum Gasteiger partial charge on any atom is -0.379 e. The normalized spacial score (nSPS) is 19.5. The topological polar surface area (TPSA) is 109 Å². The zero-order valence-corrected chi connectivity index (χ0v) is 20.3. The molecule has 0 saturated carbocycles. The first-order valence-electron chi connectivity index (χ1n) is 10.6. The molecule has 4 rings (SSSR count). The van der Waals surface area contributed by atoms with Crippen molar-refractivity contribution in [3.05, 3.63) is 42.6 Å². The second-order valence-electron chi connectivity index (χ2n) is 8.31. The Morgan fingerprint density at radius 3 is 2.55 bits per heavy atom. The molecule has 1 saturated heterocycles. The molecular formula is C22H26N4O5S2. The lowest BCUT2D eigenvalue weighted by Gasteiger charge is -2.43. The third-order valence-electron chi connectivity index (χ3n) is 5.69. The fourth-order valence-electron chi connectivity index (χ4n) is 3.78. The van der Waals surface area contributed by atoms with Crippen LogP contribution >= 0.6 is 11.8 Å². The molecule has 2 amide bonds. The molecular weight excluding hydrogens is 464 g/mol. The van der Waals surface area contributed by atoms with Crippen LogP contribution in [0.5, 0.6) is 0 Å². The number of hydrogen-bond acceptors (Lipinski definition) is 7. The Morgan fingerprint density at radius 1 is 1.18 bits per heavy atom. The smallest absolute Gasteiger partial charge is 0.250 e. The molecule has 3 heterocycles. The molecule has 2 aromatic rings. The zero-order chi connectivity index (χ0) is 23.8. The number of nitrogens with zero attached hydrogens (tertiary/aromatic N) is 3. The maximum Gasteiger partial charge on any atom is 0.250 e. The standard InChI is InChI=1S/C22H26N4O5S2/c1-15(20(27)26-18-7-5-4-6-17(18)24-21(28)22(26,2)3)32-19-9-8-16(14-23-19)33(29,30)25-10-12-31-13-11-25/h4-9,14-15H,10-13H2,1-3H3,(H,24,28)/t15-/m0/s1. The van der Waals surface area contributed by atoms with Crippen molar-refractivity contribution in [3.63, 3.8) is 0 Å². The second-order valence-corrected chi connectivity index (χ2v) is 11.6. The molecule has 1 fully saturated rings. The van der Waals surface area contributed by atoms with Crippen molar-refractivity contribution in [2.45, 2.75) is 41.5 Å². The predicted molar refractivity (Wildman–Crippen MR) is 126 cm³/mol. The van der Waals surface area contributed by atoms with Gasteiger partial charge in [0, 0.05) is 19.3 Å². The maximum absolute atomic E-state index is 13.4. The van der Waals surface area contributed by atoms with E-state index in [1.54, 1.807) is 45.0 Å². The van der Waals surface area contributed by atoms with E-state index in [0.29, 0.717) is 42.7 Å². The quantitative estimate of drug-likeness (QED) is 0.641. The van der Waals surface area contributed by atoms with Gasteiger partial charge in [0.2, 0.25) is 21.8 Å². The lowest BCUT2D eigenvalue weighted by atomic mass is 9.96. The van der Waals surface area contributed by atoms with Crippen LogP contribution in [0, 0.1) is 0 Å². The Hall–Kier alpha value is -2.47. The van der Waals surface area contributed by atoms with Crippen molar-refractivity contribution < 1.29 is 22.7 Å². The first-order chi connectivity index (χ1) is 15.6. The number of pyridine rings is 1. The number of aromatic nitrogens is 1. The molecule has 1 N–H and O–H groups in total. The van der Waals surface area contributed by atoms with Gasteiger partial charge in [-0.15, -0.1) is 0 Å². The number of anilines is 2. The minimum atomic E-state index is -3.63. The Kier molecular flexibility index (Phi) is 6.50. The van der Waals surface area contributed by atoms with Gasteiger partial charge in [0.05, 0.1) is 34.9 Å². The number of thioether (sulfide) groups is 1. The molecule has 0 unspecified atom stereocenters. The van der Waals surface area contributed by atoms with Crippen LogP contribution in [0.3, 0.4) is 0 Å². The summed E-state index contributed by atoms with van der Waals surface area (Å²) in [6, 6.07) is 10.3. The fraction of sp³-hybridized carbons (Fsp3) is 0.409. The van der Waals surface area contributed by atoms with Crippen LogP contribution in [0.1, 0.15) is 20.8 Å². The summed E-state index contributed by atoms with van der Waals surface area (Å²) in [6.45, 7) is 6.52. The number of benzene rings is 1. The van der Waals surface area contributed by atoms with Gasteiger partial charge in [-0.2, -0.15) is 4.31 Å². The third kappa shape index (κ3) is 4.50. The highest BCUT2D eigenvalue weighted by atomic mass is 32.2. The SMILES string of the molecule is C[C@H](Sc1ccc(S(=O)(=O)N2CCOCC2)cn1)C(=O)N1c2ccccc2NC(=O)C1(C)C. The van der Waals surface area contributed by atoms with Crippen LogP contribution in [-0.4, -0.2) is 66.6 Å². The predicted octanol–water partition coefficient (Wildman–Crippen LogP) is 2.35. The molecule has 0 bridgehead atoms. The molecule has 0 radical (unpaired) electrons. The van der Waals surface area contributed by atoms with E-state index < -0.39 is 20.8 Å². The van der Waals surface area contributed by atoms with Crippen LogP contribution in [0.4, 0.5) is 11.4 Å². The highest BCUT2D eigenvalue weighted by Crippen LogP contribution is 2.38. The summed E-state index contributed by atoms with van der Waals surface area (Å²) in [6.07, 6.45) is 1.32. The van der Waals surface area contributed by atoms with Crippen molar-refractivity contribution in [3.8, 4) is 0 Å². The van der Waals surface area contributed by atoms with E-state index in [4.69, 9.17) is 4.74 Å². The Morgan fingerprint density at radius 2 is 1.88 bits per heavy atom. The summed E-state index contributed by atoms with van der Waals surface area (Å²) in [5.74, 6) is -0.498. The highest BCUT2D eigenvalue weighted by molar-refractivity contribution is 8.00. The van der Waals surface area contributed by atoms with Crippen molar-refractivity contribution in [1.29, 1.82) is 0 Å². The maximum atomic E-state index is 13.4. The number of carbonyl (C=O) groups is 2. The van der Waals surface area contributed by atoms with Crippen LogP contribution in [0.25, 0.3) is 0 Å². The largest absolute Gasteiger partial charge is 0.379 e. The average Bonchev–Trinajstić information content (AvgIpc) is 2.80. The fourth-order valence-corrected chi connectivity index (χ4v) is 5.97. The summed E-state index contributed by atoms with van der Waals surface area (Å²) in [5, 5.41) is 2.81. The van der Waals surface area contributed by atoms with E-state index in [-0.39, 0.29) is 16.7 Å². The molecule has 1 atom stereocenters. The van der Waals surface area contributed by atoms with Gasteiger partial charge in [0.15, 0.2) is 0 Å². The summed E-state index contributed by atoms with van der Waals surface area (Å²) in [7, 11) is -3.63. The summed E-state index contributed by atoms with van der Waals surface area (Å²) in [5.41, 5.74) is 0.159. The first-order valence-corrected chi connectivity index (χ1v) is 12.9. The van der Waals surface area contributed by atoms with Gasteiger partial charge < -0.3 is 10.1 Å². The molecule has 0 spiro atoms. The van der Waals surface area contributed by atoms with E-state index >= 15 is 0 Å². The van der Waals surface area contributed by atoms with Gasteiger partial charge in [-0.1, -0.05) is 23.9 Å². The van der Waals surface area contributed by atoms with Gasteiger partial charge in [-0.25, -0.2) is 13.4 Å². The zero-order valence-electron chi connectivity index (χ0n) is 18.6. The number of ether oxygens (including phenoxy) is 1. The number of rotatable bonds is 5. The number of fused-ring (bicyclic) bond motifs is 1. The van der Waals surface area contributed by atoms with Gasteiger partial charge in [0.25, 0.3) is 0 Å². The first kappa shape index (κ1) is 23.7. The number of amides is 2. The van der Waals surface area contributed by atoms with Gasteiger partial charge >= 0.3 is 0 Å². The summed E-state index contributed by atoms with van der Waals surface area (Å²) < 4.78 is 32.2. The van der Waals surface area contributed by atoms with Crippen molar-refractivity contribution in [2.75, 3.05) is 36.5 Å². The summed E-state index contributed by atoms with van der Waals surface area (Å²) in [4.78, 5) is 32.0. The molecule has 2 aliphatic rings. The van der Waals surface area contributed by atoms with E-state index in [1.807, 2.05) is 6.07 Å². The summed E-state index contributed by atoms with van der Waals surface area (Å²) >= 11 is 1.21. The lowest BCUT2D eigenvalue weighted by molar-refractivity contribution is -0.126. The van der Waals surface area contributed by atoms with E-state index in [9.17, 15) is 18.0 Å². The number of hydrogen-bond donors (Lipinski definition) is 1. The number of sulfonamides is 1. The van der Waals surface area contributed by atoms with Gasteiger partial charge in [-0.3, -0.25) is 14.5 Å². The number of morpholine rings is 1. The Labute approximate surface area is 197 Å². The minimum absolute atomic E-state index is 0.107. The average molecular weight is 491 g/mol. The Bertz CT molecular complexity index is 1160. The lowest BCUT2D eigenvalue weighted by Crippen LogP contribution is -2.60. The van der Waals surface area contributed by atoms with Gasteiger partial charge in [-0.05, 0) is 45.0 Å². The van der Waals surface area contributed by atoms with Crippen molar-refractivity contribution in [2.24, 2.45) is 0 Å². The number of nitrogens with one attached hydrogen (secondary N) is 1. The molecule has 1 aromatic carbocycles. The molecule has 33 heavy (non-hydrogen) atoms. The Balaban J connectivity index is 1.52. The van der Waals surface area contributed by atoms with E-state index in [1.165, 1.54) is 33.2 Å². The molecule has 11 heteroatoms. The van der Waals surface area contributed by atoms with Crippen LogP contribution in [0.2, 0.25) is 0 Å². The van der Waals surface area contributed by atoms with Crippen LogP contribution in [-0.2, 0) is 24.3 Å². The van der Waals surface area contributed by atoms with Crippen molar-refractivity contribution in [1.82, 2.24) is 9.29 Å². The van der Waals surface area contributed by atoms with Crippen molar-refractivity contribution >= 4 is 45.0 Å². The molecule has 2 aliphatic heterocycles. The van der Waals surface area contributed by atoms with Gasteiger partial charge in [0.1, 0.15) is 10.4 Å². The van der Waals surface area contributed by atoms with E-state index in [0.717, 1.165) is 0 Å². The van der Waals surface area contributed by atoms with Crippen LogP contribution in [0.15, 0.2) is 52.5 Å². The number of carbonyl (C=O) groups excluding carboxylic acids is 2. The third-order valence-corrected chi connectivity index (χ3v) is 8.61. The van der Waals surface area contributed by atoms with E-state index in [2.05, 4.69) is 10.3 Å². The molecule has 176 valence electrons. The number of para-hydroxylation sites is 2. The molecule has 1 aromatic heterocycles.